The van der Waals surface area contributed by atoms with Gasteiger partial charge < -0.3 is 9.73 Å². The Kier molecular flexibility index (Phi) is 4.57. The number of nitrogens with zero attached hydrogens (tertiary/aromatic N) is 3. The third kappa shape index (κ3) is 3.16. The van der Waals surface area contributed by atoms with Gasteiger partial charge in [0.1, 0.15) is 23.6 Å². The van der Waals surface area contributed by atoms with Crippen LogP contribution in [0.25, 0.3) is 15.7 Å². The Bertz CT molecular complexity index is 1170. The number of aromatic nitrogens is 3. The summed E-state index contributed by atoms with van der Waals surface area (Å²) in [5.74, 6) is 1.14. The van der Waals surface area contributed by atoms with Gasteiger partial charge in [0.15, 0.2) is 0 Å². The number of hydrogen-bond donors (Lipinski definition) is 1. The van der Waals surface area contributed by atoms with Gasteiger partial charge in [-0.3, -0.25) is 14.0 Å². The molecule has 0 aromatic carbocycles. The van der Waals surface area contributed by atoms with Crippen LogP contribution in [0.4, 0.5) is 0 Å². The van der Waals surface area contributed by atoms with Crippen LogP contribution in [-0.2, 0) is 30.7 Å². The highest BCUT2D eigenvalue weighted by Crippen LogP contribution is 2.29. The summed E-state index contributed by atoms with van der Waals surface area (Å²) in [6.45, 7) is 4.27. The topological polar surface area (TPSA) is 81.5 Å². The number of thiophene rings is 1. The van der Waals surface area contributed by atoms with Crippen LogP contribution in [-0.4, -0.2) is 20.1 Å². The first-order valence-electron chi connectivity index (χ1n) is 8.93. The molecule has 4 heterocycles. The normalized spacial score (nSPS) is 11.5. The molecule has 0 radical (unpaired) electrons. The SMILES string of the molecule is CCc1cc2c(cc3c(=O)n(CC(=O)NCc4ccco4)nc(CC)n32)s1. The molecule has 1 amide bonds. The van der Waals surface area contributed by atoms with Gasteiger partial charge in [-0.05, 0) is 30.7 Å². The zero-order chi connectivity index (χ0) is 19.0. The Labute approximate surface area is 159 Å². The van der Waals surface area contributed by atoms with E-state index >= 15 is 0 Å². The molecule has 0 fully saturated rings. The minimum absolute atomic E-state index is 0.123. The highest BCUT2D eigenvalue weighted by molar-refractivity contribution is 7.19. The predicted octanol–water partition coefficient (Wildman–Crippen LogP) is 2.74. The Morgan fingerprint density at radius 2 is 2.11 bits per heavy atom. The number of amides is 1. The quantitative estimate of drug-likeness (QED) is 0.554. The van der Waals surface area contributed by atoms with Crippen molar-refractivity contribution in [2.75, 3.05) is 0 Å². The van der Waals surface area contributed by atoms with E-state index in [4.69, 9.17) is 4.42 Å². The van der Waals surface area contributed by atoms with Crippen molar-refractivity contribution in [2.45, 2.75) is 39.8 Å². The third-order valence-corrected chi connectivity index (χ3v) is 5.70. The van der Waals surface area contributed by atoms with Crippen LogP contribution in [0.15, 0.2) is 39.7 Å². The zero-order valence-electron chi connectivity index (χ0n) is 15.2. The fourth-order valence-corrected chi connectivity index (χ4v) is 4.16. The summed E-state index contributed by atoms with van der Waals surface area (Å²) < 4.78 is 9.43. The first kappa shape index (κ1) is 17.5. The van der Waals surface area contributed by atoms with Crippen molar-refractivity contribution >= 4 is 33.0 Å². The Morgan fingerprint density at radius 3 is 2.81 bits per heavy atom. The number of carbonyl (C=O) groups is 1. The largest absolute Gasteiger partial charge is 0.467 e. The van der Waals surface area contributed by atoms with Crippen molar-refractivity contribution in [3.8, 4) is 0 Å². The van der Waals surface area contributed by atoms with Gasteiger partial charge in [-0.2, -0.15) is 5.10 Å². The summed E-state index contributed by atoms with van der Waals surface area (Å²) in [7, 11) is 0. The van der Waals surface area contributed by atoms with Gasteiger partial charge >= 0.3 is 0 Å². The average Bonchev–Trinajstić information content (AvgIpc) is 3.38. The van der Waals surface area contributed by atoms with Crippen LogP contribution in [0.3, 0.4) is 0 Å². The standard InChI is InChI=1S/C19H20N4O3S/c1-3-13-8-14-16(27-13)9-15-19(25)22(21-17(4-2)23(14)15)11-18(24)20-10-12-6-5-7-26-12/h5-9H,3-4,10-11H2,1-2H3,(H,20,24). The molecule has 0 aliphatic heterocycles. The van der Waals surface area contributed by atoms with E-state index < -0.39 is 0 Å². The first-order chi connectivity index (χ1) is 13.1. The lowest BCUT2D eigenvalue weighted by Crippen LogP contribution is -2.35. The second-order valence-corrected chi connectivity index (χ2v) is 7.44. The summed E-state index contributed by atoms with van der Waals surface area (Å²) >= 11 is 1.69. The van der Waals surface area contributed by atoms with Gasteiger partial charge in [-0.15, -0.1) is 11.3 Å². The van der Waals surface area contributed by atoms with Crippen molar-refractivity contribution in [2.24, 2.45) is 0 Å². The smallest absolute Gasteiger partial charge is 0.291 e. The molecule has 140 valence electrons. The zero-order valence-corrected chi connectivity index (χ0v) is 16.0. The fraction of sp³-hybridized carbons (Fsp3) is 0.316. The van der Waals surface area contributed by atoms with Gasteiger partial charge in [0.05, 0.1) is 23.0 Å². The Hall–Kier alpha value is -2.87. The molecular weight excluding hydrogens is 364 g/mol. The van der Waals surface area contributed by atoms with Crippen molar-refractivity contribution in [3.05, 3.63) is 57.3 Å². The van der Waals surface area contributed by atoms with Gasteiger partial charge in [-0.1, -0.05) is 13.8 Å². The van der Waals surface area contributed by atoms with Crippen molar-refractivity contribution in [1.29, 1.82) is 0 Å². The second kappa shape index (κ2) is 7.03. The molecule has 4 aromatic heterocycles. The highest BCUT2D eigenvalue weighted by Gasteiger charge is 2.17. The van der Waals surface area contributed by atoms with Gasteiger partial charge in [-0.25, -0.2) is 4.68 Å². The van der Waals surface area contributed by atoms with Crippen LogP contribution in [0.1, 0.15) is 30.3 Å². The van der Waals surface area contributed by atoms with E-state index in [0.717, 1.165) is 22.5 Å². The first-order valence-corrected chi connectivity index (χ1v) is 9.75. The van der Waals surface area contributed by atoms with Gasteiger partial charge in [0, 0.05) is 11.3 Å². The van der Waals surface area contributed by atoms with E-state index in [9.17, 15) is 9.59 Å². The number of aryl methyl sites for hydroxylation is 2. The minimum atomic E-state index is -0.283. The molecule has 0 spiro atoms. The van der Waals surface area contributed by atoms with Crippen LogP contribution in [0, 0.1) is 0 Å². The number of nitrogens with one attached hydrogen (secondary N) is 1. The second-order valence-electron chi connectivity index (χ2n) is 6.27. The summed E-state index contributed by atoms with van der Waals surface area (Å²) in [5, 5.41) is 7.19. The molecule has 0 atom stereocenters. The Morgan fingerprint density at radius 1 is 1.26 bits per heavy atom. The van der Waals surface area contributed by atoms with E-state index in [1.165, 1.54) is 9.56 Å². The maximum absolute atomic E-state index is 12.9. The van der Waals surface area contributed by atoms with Crippen LogP contribution in [0.5, 0.6) is 0 Å². The fourth-order valence-electron chi connectivity index (χ4n) is 3.14. The van der Waals surface area contributed by atoms with Crippen molar-refractivity contribution in [1.82, 2.24) is 19.5 Å². The number of furan rings is 1. The molecule has 0 aliphatic rings. The van der Waals surface area contributed by atoms with Gasteiger partial charge in [0.2, 0.25) is 5.91 Å². The molecule has 0 aliphatic carbocycles. The lowest BCUT2D eigenvalue weighted by Gasteiger charge is -2.10. The van der Waals surface area contributed by atoms with Crippen LogP contribution >= 0.6 is 11.3 Å². The lowest BCUT2D eigenvalue weighted by atomic mass is 10.3. The molecule has 0 saturated heterocycles. The number of rotatable bonds is 6. The monoisotopic (exact) mass is 384 g/mol. The molecule has 1 N–H and O–H groups in total. The number of fused-ring (bicyclic) bond motifs is 3. The van der Waals surface area contributed by atoms with Crippen LogP contribution in [0.2, 0.25) is 0 Å². The maximum Gasteiger partial charge on any atom is 0.291 e. The summed E-state index contributed by atoms with van der Waals surface area (Å²) in [5.41, 5.74) is 1.31. The van der Waals surface area contributed by atoms with E-state index in [-0.39, 0.29) is 24.6 Å². The molecule has 0 unspecified atom stereocenters. The maximum atomic E-state index is 12.9. The molecule has 0 bridgehead atoms. The predicted molar refractivity (Wildman–Crippen MR) is 104 cm³/mol. The summed E-state index contributed by atoms with van der Waals surface area (Å²) in [6, 6.07) is 7.56. The van der Waals surface area contributed by atoms with Crippen molar-refractivity contribution < 1.29 is 9.21 Å². The minimum Gasteiger partial charge on any atom is -0.467 e. The molecule has 4 rings (SSSR count). The van der Waals surface area contributed by atoms with E-state index in [1.54, 1.807) is 29.7 Å². The third-order valence-electron chi connectivity index (χ3n) is 4.49. The molecule has 0 saturated carbocycles. The van der Waals surface area contributed by atoms with Crippen molar-refractivity contribution in [3.63, 3.8) is 0 Å². The lowest BCUT2D eigenvalue weighted by molar-refractivity contribution is -0.122. The number of hydrogen-bond acceptors (Lipinski definition) is 5. The molecular formula is C19H20N4O3S. The van der Waals surface area contributed by atoms with E-state index in [1.807, 2.05) is 17.4 Å². The number of carbonyl (C=O) groups excluding carboxylic acids is 1. The highest BCUT2D eigenvalue weighted by atomic mass is 32.1. The molecule has 7 nitrogen and oxygen atoms in total. The average molecular weight is 384 g/mol. The molecule has 27 heavy (non-hydrogen) atoms. The van der Waals surface area contributed by atoms with Gasteiger partial charge in [0.25, 0.3) is 5.56 Å². The molecule has 8 heteroatoms. The van der Waals surface area contributed by atoms with Crippen LogP contribution < -0.4 is 10.9 Å². The van der Waals surface area contributed by atoms with E-state index in [0.29, 0.717) is 17.7 Å². The summed E-state index contributed by atoms with van der Waals surface area (Å²) in [6.07, 6.45) is 3.17. The summed E-state index contributed by atoms with van der Waals surface area (Å²) in [4.78, 5) is 26.4. The Balaban J connectivity index is 1.68. The van der Waals surface area contributed by atoms with E-state index in [2.05, 4.69) is 23.4 Å². The molecule has 4 aromatic rings.